The molecule has 0 amide bonds. The van der Waals surface area contributed by atoms with E-state index in [-0.39, 0.29) is 0 Å². The molecule has 24 heavy (non-hydrogen) atoms. The average molecular weight is 328 g/mol. The van der Waals surface area contributed by atoms with Gasteiger partial charge in [-0.05, 0) is 85.0 Å². The molecule has 132 valence electrons. The zero-order chi connectivity index (χ0) is 16.6. The molecule has 0 radical (unpaired) electrons. The second-order valence-corrected chi connectivity index (χ2v) is 9.67. The Morgan fingerprint density at radius 1 is 1.33 bits per heavy atom. The topological polar surface area (TPSA) is 29.5 Å². The molecule has 3 saturated carbocycles. The van der Waals surface area contributed by atoms with Gasteiger partial charge in [-0.3, -0.25) is 0 Å². The van der Waals surface area contributed by atoms with Crippen LogP contribution in [0.3, 0.4) is 0 Å². The average Bonchev–Trinajstić information content (AvgIpc) is 3.29. The van der Waals surface area contributed by atoms with E-state index in [0.29, 0.717) is 17.9 Å². The third-order valence-electron chi connectivity index (χ3n) is 8.87. The highest BCUT2D eigenvalue weighted by molar-refractivity contribution is 5.34. The Bertz CT molecular complexity index is 617. The van der Waals surface area contributed by atoms with E-state index in [1.807, 2.05) is 7.11 Å². The lowest BCUT2D eigenvalue weighted by atomic mass is 9.50. The summed E-state index contributed by atoms with van der Waals surface area (Å²) in [7, 11) is 1.82. The van der Waals surface area contributed by atoms with Crippen molar-refractivity contribution < 1.29 is 9.84 Å². The normalized spacial score (nSPS) is 52.0. The van der Waals surface area contributed by atoms with Crippen LogP contribution in [0.5, 0.6) is 0 Å². The quantitative estimate of drug-likeness (QED) is 0.753. The van der Waals surface area contributed by atoms with Gasteiger partial charge in [0.25, 0.3) is 0 Å². The Morgan fingerprint density at radius 2 is 2.17 bits per heavy atom. The number of hydrogen-bond donors (Lipinski definition) is 1. The fourth-order valence-corrected chi connectivity index (χ4v) is 7.89. The predicted molar refractivity (Wildman–Crippen MR) is 95.1 cm³/mol. The summed E-state index contributed by atoms with van der Waals surface area (Å²) in [6.45, 7) is 5.47. The van der Waals surface area contributed by atoms with E-state index >= 15 is 0 Å². The maximum absolute atomic E-state index is 10.0. The van der Waals surface area contributed by atoms with Gasteiger partial charge >= 0.3 is 0 Å². The summed E-state index contributed by atoms with van der Waals surface area (Å²) in [6.07, 6.45) is 9.91. The van der Waals surface area contributed by atoms with Gasteiger partial charge < -0.3 is 9.84 Å². The van der Waals surface area contributed by atoms with Crippen molar-refractivity contribution in [1.29, 1.82) is 0 Å². The van der Waals surface area contributed by atoms with Gasteiger partial charge in [0.05, 0.1) is 12.9 Å². The highest BCUT2D eigenvalue weighted by atomic mass is 16.5. The van der Waals surface area contributed by atoms with Crippen LogP contribution in [0.25, 0.3) is 0 Å². The number of rotatable bonds is 2. The van der Waals surface area contributed by atoms with Crippen LogP contribution in [0, 0.1) is 46.8 Å². The molecule has 3 fully saturated rings. The van der Waals surface area contributed by atoms with Crippen molar-refractivity contribution in [2.45, 2.75) is 52.4 Å². The maximum Gasteiger partial charge on any atom is 0.0959 e. The van der Waals surface area contributed by atoms with E-state index in [2.05, 4.69) is 19.9 Å². The third-order valence-corrected chi connectivity index (χ3v) is 8.87. The predicted octanol–water partition coefficient (Wildman–Crippen LogP) is 4.55. The van der Waals surface area contributed by atoms with Gasteiger partial charge in [0.15, 0.2) is 0 Å². The van der Waals surface area contributed by atoms with Crippen LogP contribution >= 0.6 is 0 Å². The van der Waals surface area contributed by atoms with E-state index in [9.17, 15) is 5.11 Å². The van der Waals surface area contributed by atoms with E-state index in [0.717, 1.165) is 48.3 Å². The molecule has 5 aliphatic rings. The summed E-state index contributed by atoms with van der Waals surface area (Å²) in [6, 6.07) is 0. The van der Waals surface area contributed by atoms with Gasteiger partial charge in [-0.1, -0.05) is 25.0 Å². The molecule has 2 heteroatoms. The molecule has 5 aliphatic carbocycles. The molecule has 0 aromatic heterocycles. The molecule has 0 heterocycles. The Kier molecular flexibility index (Phi) is 3.31. The van der Waals surface area contributed by atoms with Crippen LogP contribution in [0.1, 0.15) is 52.4 Å². The monoisotopic (exact) mass is 328 g/mol. The largest absolute Gasteiger partial charge is 0.501 e. The Labute approximate surface area is 146 Å². The highest BCUT2D eigenvalue weighted by Crippen LogP contribution is 2.74. The lowest BCUT2D eigenvalue weighted by Crippen LogP contribution is -2.48. The minimum Gasteiger partial charge on any atom is -0.501 e. The summed E-state index contributed by atoms with van der Waals surface area (Å²) < 4.78 is 5.55. The zero-order valence-corrected chi connectivity index (χ0v) is 15.4. The molecule has 0 spiro atoms. The number of hydrogen-bond acceptors (Lipinski definition) is 2. The summed E-state index contributed by atoms with van der Waals surface area (Å²) in [5.74, 6) is 6.90. The summed E-state index contributed by atoms with van der Waals surface area (Å²) in [5, 5.41) is 10.0. The van der Waals surface area contributed by atoms with Crippen molar-refractivity contribution in [3.63, 3.8) is 0 Å². The van der Waals surface area contributed by atoms with Crippen LogP contribution in [-0.4, -0.2) is 18.8 Å². The number of methoxy groups -OCH3 is 1. The fraction of sp³-hybridized carbons (Fsp3) is 0.818. The van der Waals surface area contributed by atoms with Gasteiger partial charge in [-0.2, -0.15) is 0 Å². The van der Waals surface area contributed by atoms with Gasteiger partial charge in [0.2, 0.25) is 0 Å². The van der Waals surface area contributed by atoms with Crippen LogP contribution in [0.4, 0.5) is 0 Å². The molecule has 0 bridgehead atoms. The molecule has 1 N–H and O–H groups in total. The Morgan fingerprint density at radius 3 is 2.92 bits per heavy atom. The first kappa shape index (κ1) is 15.5. The molecule has 0 saturated heterocycles. The minimum atomic E-state index is 0.415. The second kappa shape index (κ2) is 5.13. The summed E-state index contributed by atoms with van der Waals surface area (Å²) in [4.78, 5) is 0. The number of aliphatic hydroxyl groups excluding tert-OH is 1. The standard InChI is InChI=1S/C22H32O2/c1-12-8-13-9-14(24-3)4-5-15(13)16-6-7-22(2)19(11-23)17-10-18(17)21(22)20(12)16/h4,12,16-21,23H,5-11H2,1-3H3/t12-,16-,17-,18+,19-,20-,21-,22-/m1/s1. The minimum absolute atomic E-state index is 0.415. The first-order valence-electron chi connectivity index (χ1n) is 10.1. The maximum atomic E-state index is 10.0. The molecular formula is C22H32O2. The number of allylic oxidation sites excluding steroid dienone is 3. The van der Waals surface area contributed by atoms with Crippen LogP contribution in [0.2, 0.25) is 0 Å². The SMILES string of the molecule is COC1=CCC2=C(C1)C[C@@H](C)[C@H]1[C@H]3[C@H]4C[C@H]4[C@@H](CO)[C@@]3(C)CC[C@H]21. The van der Waals surface area contributed by atoms with Crippen LogP contribution in [0.15, 0.2) is 23.0 Å². The molecule has 0 aliphatic heterocycles. The molecule has 0 unspecified atom stereocenters. The molecule has 0 aromatic rings. The molecule has 0 aromatic carbocycles. The fourth-order valence-electron chi connectivity index (χ4n) is 7.89. The van der Waals surface area contributed by atoms with E-state index in [4.69, 9.17) is 4.74 Å². The molecular weight excluding hydrogens is 296 g/mol. The lowest BCUT2D eigenvalue weighted by molar-refractivity contribution is -0.0424. The second-order valence-electron chi connectivity index (χ2n) is 9.67. The number of fused-ring (bicyclic) bond motifs is 6. The van der Waals surface area contributed by atoms with E-state index in [1.54, 1.807) is 11.1 Å². The van der Waals surface area contributed by atoms with Crippen LogP contribution in [-0.2, 0) is 4.74 Å². The van der Waals surface area contributed by atoms with Gasteiger partial charge in [0.1, 0.15) is 0 Å². The van der Waals surface area contributed by atoms with Gasteiger partial charge in [0, 0.05) is 13.0 Å². The van der Waals surface area contributed by atoms with Crippen molar-refractivity contribution in [2.24, 2.45) is 46.8 Å². The first-order valence-corrected chi connectivity index (χ1v) is 10.1. The van der Waals surface area contributed by atoms with Crippen molar-refractivity contribution in [3.05, 3.63) is 23.0 Å². The first-order chi connectivity index (χ1) is 11.6. The number of ether oxygens (including phenoxy) is 1. The summed E-state index contributed by atoms with van der Waals surface area (Å²) >= 11 is 0. The smallest absolute Gasteiger partial charge is 0.0959 e. The van der Waals surface area contributed by atoms with Gasteiger partial charge in [-0.15, -0.1) is 0 Å². The molecule has 2 nitrogen and oxygen atoms in total. The Hall–Kier alpha value is -0.760. The lowest BCUT2D eigenvalue weighted by Gasteiger charge is -2.55. The molecule has 8 atom stereocenters. The molecule has 5 rings (SSSR count). The van der Waals surface area contributed by atoms with Crippen molar-refractivity contribution >= 4 is 0 Å². The van der Waals surface area contributed by atoms with Crippen LogP contribution < -0.4 is 0 Å². The van der Waals surface area contributed by atoms with E-state index in [1.165, 1.54) is 31.4 Å². The van der Waals surface area contributed by atoms with E-state index < -0.39 is 0 Å². The van der Waals surface area contributed by atoms with Crippen molar-refractivity contribution in [1.82, 2.24) is 0 Å². The summed E-state index contributed by atoms with van der Waals surface area (Å²) in [5.41, 5.74) is 3.90. The van der Waals surface area contributed by atoms with Gasteiger partial charge in [-0.25, -0.2) is 0 Å². The Balaban J connectivity index is 1.49. The third kappa shape index (κ3) is 1.87. The van der Waals surface area contributed by atoms with Crippen molar-refractivity contribution in [3.8, 4) is 0 Å². The van der Waals surface area contributed by atoms with Crippen molar-refractivity contribution in [2.75, 3.05) is 13.7 Å². The highest BCUT2D eigenvalue weighted by Gasteiger charge is 2.69. The number of aliphatic hydroxyl groups is 1. The zero-order valence-electron chi connectivity index (χ0n) is 15.4.